The van der Waals surface area contributed by atoms with E-state index in [4.69, 9.17) is 0 Å². The van der Waals surface area contributed by atoms with Crippen LogP contribution in [0.2, 0.25) is 0 Å². The number of benzene rings is 1. The summed E-state index contributed by atoms with van der Waals surface area (Å²) in [5.41, 5.74) is 0.686. The molecule has 7 heteroatoms. The summed E-state index contributed by atoms with van der Waals surface area (Å²) in [6, 6.07) is 7.54. The van der Waals surface area contributed by atoms with Crippen molar-refractivity contribution < 1.29 is 18.0 Å². The van der Waals surface area contributed by atoms with Crippen LogP contribution in [-0.4, -0.2) is 15.3 Å². The smallest absolute Gasteiger partial charge is 0.322 e. The van der Waals surface area contributed by atoms with E-state index in [1.54, 1.807) is 35.3 Å². The topological polar surface area (TPSA) is 46.4 Å². The van der Waals surface area contributed by atoms with Crippen LogP contribution in [0, 0.1) is 0 Å². The number of alkyl halides is 3. The highest BCUT2D eigenvalue weighted by Gasteiger charge is 2.29. The second-order valence-electron chi connectivity index (χ2n) is 4.67. The molecule has 2 aromatic heterocycles. The van der Waals surface area contributed by atoms with Crippen LogP contribution in [0.25, 0.3) is 5.52 Å². The Balaban J connectivity index is 1.78. The molecule has 0 spiro atoms. The van der Waals surface area contributed by atoms with Gasteiger partial charge in [0.05, 0.1) is 23.6 Å². The monoisotopic (exact) mass is 305 g/mol. The van der Waals surface area contributed by atoms with Gasteiger partial charge in [0.25, 0.3) is 5.91 Å². The normalized spacial score (nSPS) is 11.6. The van der Waals surface area contributed by atoms with E-state index in [9.17, 15) is 18.0 Å². The van der Waals surface area contributed by atoms with Crippen molar-refractivity contribution in [2.45, 2.75) is 6.18 Å². The molecule has 0 aliphatic heterocycles. The first-order valence-electron chi connectivity index (χ1n) is 6.34. The molecule has 112 valence electrons. The van der Waals surface area contributed by atoms with Crippen molar-refractivity contribution in [1.29, 1.82) is 0 Å². The fourth-order valence-electron chi connectivity index (χ4n) is 2.01. The molecule has 22 heavy (non-hydrogen) atoms. The highest BCUT2D eigenvalue weighted by molar-refractivity contribution is 6.04. The minimum Gasteiger partial charge on any atom is -0.322 e. The number of pyridine rings is 1. The lowest BCUT2D eigenvalue weighted by Gasteiger charge is -2.09. The maximum Gasteiger partial charge on any atom is 0.416 e. The molecule has 1 N–H and O–H groups in total. The Morgan fingerprint density at radius 2 is 1.86 bits per heavy atom. The third-order valence-corrected chi connectivity index (χ3v) is 3.15. The summed E-state index contributed by atoms with van der Waals surface area (Å²) in [5, 5.41) is 2.56. The number of nitrogens with one attached hydrogen (secondary N) is 1. The number of carbonyl (C=O) groups is 1. The molecule has 0 saturated heterocycles. The van der Waals surface area contributed by atoms with Gasteiger partial charge < -0.3 is 9.72 Å². The van der Waals surface area contributed by atoms with Crippen LogP contribution in [0.3, 0.4) is 0 Å². The number of halogens is 3. The summed E-state index contributed by atoms with van der Waals surface area (Å²) in [5.74, 6) is -0.400. The fourth-order valence-corrected chi connectivity index (χ4v) is 2.01. The number of amides is 1. The van der Waals surface area contributed by atoms with Gasteiger partial charge in [0.1, 0.15) is 0 Å². The Bertz CT molecular complexity index is 822. The summed E-state index contributed by atoms with van der Waals surface area (Å²) in [4.78, 5) is 16.0. The first kappa shape index (κ1) is 14.1. The van der Waals surface area contributed by atoms with Crippen LogP contribution < -0.4 is 5.32 Å². The van der Waals surface area contributed by atoms with Crippen LogP contribution in [0.1, 0.15) is 15.9 Å². The van der Waals surface area contributed by atoms with Crippen molar-refractivity contribution in [1.82, 2.24) is 9.38 Å². The number of hydrogen-bond acceptors (Lipinski definition) is 2. The quantitative estimate of drug-likeness (QED) is 0.786. The summed E-state index contributed by atoms with van der Waals surface area (Å²) in [6.45, 7) is 0. The fraction of sp³-hybridized carbons (Fsp3) is 0.0667. The van der Waals surface area contributed by atoms with E-state index in [0.717, 1.165) is 17.6 Å². The molecule has 0 unspecified atom stereocenters. The van der Waals surface area contributed by atoms with Crippen molar-refractivity contribution in [3.05, 3.63) is 66.2 Å². The van der Waals surface area contributed by atoms with Gasteiger partial charge in [0.2, 0.25) is 0 Å². The summed E-state index contributed by atoms with van der Waals surface area (Å²) in [6.07, 6.45) is 0.501. The number of fused-ring (bicyclic) bond motifs is 1. The van der Waals surface area contributed by atoms with Crippen LogP contribution in [0.15, 0.2) is 55.1 Å². The Kier molecular flexibility index (Phi) is 3.32. The molecule has 0 bridgehead atoms. The molecular formula is C15H10F3N3O. The molecule has 3 aromatic rings. The third-order valence-electron chi connectivity index (χ3n) is 3.15. The highest BCUT2D eigenvalue weighted by atomic mass is 19.4. The molecule has 0 fully saturated rings. The van der Waals surface area contributed by atoms with Crippen molar-refractivity contribution in [2.24, 2.45) is 0 Å². The zero-order valence-electron chi connectivity index (χ0n) is 11.1. The van der Waals surface area contributed by atoms with Gasteiger partial charge in [-0.15, -0.1) is 0 Å². The number of anilines is 1. The van der Waals surface area contributed by atoms with E-state index >= 15 is 0 Å². The minimum atomic E-state index is -4.39. The first-order chi connectivity index (χ1) is 10.4. The van der Waals surface area contributed by atoms with Gasteiger partial charge in [0.15, 0.2) is 0 Å². The maximum absolute atomic E-state index is 12.5. The molecule has 0 saturated carbocycles. The predicted molar refractivity (Wildman–Crippen MR) is 74.6 cm³/mol. The number of carbonyl (C=O) groups excluding carboxylic acids is 1. The number of imidazole rings is 1. The summed E-state index contributed by atoms with van der Waals surface area (Å²) >= 11 is 0. The molecule has 2 heterocycles. The SMILES string of the molecule is O=C(Nc1ccc(C(F)(F)F)cc1)c1ccn2cncc2c1. The molecule has 0 aliphatic carbocycles. The Labute approximate surface area is 123 Å². The van der Waals surface area contributed by atoms with Gasteiger partial charge >= 0.3 is 6.18 Å². The summed E-state index contributed by atoms with van der Waals surface area (Å²) < 4.78 is 39.2. The second-order valence-corrected chi connectivity index (χ2v) is 4.67. The zero-order valence-corrected chi connectivity index (χ0v) is 11.1. The average Bonchev–Trinajstić information content (AvgIpc) is 2.94. The van der Waals surface area contributed by atoms with Crippen LogP contribution in [-0.2, 0) is 6.18 Å². The number of nitrogens with zero attached hydrogens (tertiary/aromatic N) is 2. The van der Waals surface area contributed by atoms with Gasteiger partial charge in [-0.25, -0.2) is 4.98 Å². The molecule has 1 aromatic carbocycles. The maximum atomic E-state index is 12.5. The van der Waals surface area contributed by atoms with Gasteiger partial charge in [0, 0.05) is 17.4 Å². The van der Waals surface area contributed by atoms with Gasteiger partial charge in [-0.1, -0.05) is 0 Å². The standard InChI is InChI=1S/C15H10F3N3O/c16-15(17,18)11-1-3-12(4-2-11)20-14(22)10-5-6-21-9-19-8-13(21)7-10/h1-9H,(H,20,22). The van der Waals surface area contributed by atoms with E-state index in [-0.39, 0.29) is 0 Å². The largest absolute Gasteiger partial charge is 0.416 e. The van der Waals surface area contributed by atoms with E-state index < -0.39 is 17.6 Å². The number of aromatic nitrogens is 2. The lowest BCUT2D eigenvalue weighted by atomic mass is 10.2. The van der Waals surface area contributed by atoms with Crippen LogP contribution in [0.5, 0.6) is 0 Å². The molecular weight excluding hydrogens is 295 g/mol. The molecule has 3 rings (SSSR count). The van der Waals surface area contributed by atoms with E-state index in [1.165, 1.54) is 12.1 Å². The van der Waals surface area contributed by atoms with Gasteiger partial charge in [-0.3, -0.25) is 4.79 Å². The minimum absolute atomic E-state index is 0.298. The van der Waals surface area contributed by atoms with Crippen molar-refractivity contribution >= 4 is 17.1 Å². The number of hydrogen-bond donors (Lipinski definition) is 1. The molecule has 0 atom stereocenters. The average molecular weight is 305 g/mol. The molecule has 4 nitrogen and oxygen atoms in total. The van der Waals surface area contributed by atoms with Crippen molar-refractivity contribution in [2.75, 3.05) is 5.32 Å². The zero-order chi connectivity index (χ0) is 15.7. The Morgan fingerprint density at radius 1 is 1.14 bits per heavy atom. The summed E-state index contributed by atoms with van der Waals surface area (Å²) in [7, 11) is 0. The predicted octanol–water partition coefficient (Wildman–Crippen LogP) is 3.61. The van der Waals surface area contributed by atoms with Gasteiger partial charge in [-0.2, -0.15) is 13.2 Å². The second kappa shape index (κ2) is 5.18. The van der Waals surface area contributed by atoms with Gasteiger partial charge in [-0.05, 0) is 36.4 Å². The van der Waals surface area contributed by atoms with Crippen molar-refractivity contribution in [3.8, 4) is 0 Å². The van der Waals surface area contributed by atoms with E-state index in [0.29, 0.717) is 11.3 Å². The number of rotatable bonds is 2. The first-order valence-corrected chi connectivity index (χ1v) is 6.34. The van der Waals surface area contributed by atoms with Crippen LogP contribution >= 0.6 is 0 Å². The van der Waals surface area contributed by atoms with E-state index in [1.807, 2.05) is 0 Å². The Hall–Kier alpha value is -2.83. The molecule has 1 amide bonds. The van der Waals surface area contributed by atoms with Crippen LogP contribution in [0.4, 0.5) is 18.9 Å². The highest BCUT2D eigenvalue weighted by Crippen LogP contribution is 2.29. The third kappa shape index (κ3) is 2.78. The Morgan fingerprint density at radius 3 is 2.55 bits per heavy atom. The van der Waals surface area contributed by atoms with E-state index in [2.05, 4.69) is 10.3 Å². The molecule has 0 aliphatic rings. The lowest BCUT2D eigenvalue weighted by molar-refractivity contribution is -0.137. The lowest BCUT2D eigenvalue weighted by Crippen LogP contribution is -2.12. The van der Waals surface area contributed by atoms with Crippen molar-refractivity contribution in [3.63, 3.8) is 0 Å². The molecule has 0 radical (unpaired) electrons.